The Morgan fingerprint density at radius 2 is 1.60 bits per heavy atom. The standard InChI is InChI=1S/C21H23N2O.HI/c1-15-18-12-8-9-13-19(18)23(4)16(2)20(15)21(24)22(3)14-17-10-6-5-7-11-17;/h5-13H,14H2,1-4H3;1H/q+1;/p-1. The fourth-order valence-electron chi connectivity index (χ4n) is 3.27. The van der Waals surface area contributed by atoms with Gasteiger partial charge in [0.15, 0.2) is 5.69 Å². The maximum atomic E-state index is 13.1. The molecule has 0 saturated carbocycles. The number of rotatable bonds is 3. The first-order valence-corrected chi connectivity index (χ1v) is 8.18. The van der Waals surface area contributed by atoms with Crippen molar-refractivity contribution in [2.24, 2.45) is 7.05 Å². The Balaban J connectivity index is 0.00000225. The first kappa shape index (κ1) is 19.4. The molecule has 0 fully saturated rings. The second-order valence-electron chi connectivity index (χ2n) is 6.31. The molecule has 130 valence electrons. The maximum absolute atomic E-state index is 13.1. The van der Waals surface area contributed by atoms with Crippen molar-refractivity contribution in [3.05, 3.63) is 77.0 Å². The van der Waals surface area contributed by atoms with Crippen molar-refractivity contribution in [2.45, 2.75) is 20.4 Å². The minimum atomic E-state index is 0. The van der Waals surface area contributed by atoms with Crippen LogP contribution in [0.3, 0.4) is 0 Å². The van der Waals surface area contributed by atoms with E-state index in [-0.39, 0.29) is 29.9 Å². The normalized spacial score (nSPS) is 10.4. The van der Waals surface area contributed by atoms with Crippen LogP contribution in [0.5, 0.6) is 0 Å². The number of aryl methyl sites for hydroxylation is 2. The summed E-state index contributed by atoms with van der Waals surface area (Å²) >= 11 is 0. The van der Waals surface area contributed by atoms with Gasteiger partial charge in [0.05, 0.1) is 5.39 Å². The molecule has 0 aliphatic heterocycles. The van der Waals surface area contributed by atoms with Gasteiger partial charge in [0.1, 0.15) is 12.6 Å². The van der Waals surface area contributed by atoms with Crippen LogP contribution in [0, 0.1) is 13.8 Å². The summed E-state index contributed by atoms with van der Waals surface area (Å²) in [4.78, 5) is 14.9. The predicted molar refractivity (Wildman–Crippen MR) is 96.8 cm³/mol. The van der Waals surface area contributed by atoms with Gasteiger partial charge < -0.3 is 28.9 Å². The van der Waals surface area contributed by atoms with Crippen molar-refractivity contribution in [2.75, 3.05) is 7.05 Å². The van der Waals surface area contributed by atoms with Crippen LogP contribution < -0.4 is 28.5 Å². The Kier molecular flexibility index (Phi) is 6.16. The highest BCUT2D eigenvalue weighted by molar-refractivity contribution is 6.00. The molecule has 1 amide bonds. The molecule has 3 nitrogen and oxygen atoms in total. The predicted octanol–water partition coefficient (Wildman–Crippen LogP) is 0.557. The molecule has 3 rings (SSSR count). The van der Waals surface area contributed by atoms with Gasteiger partial charge in [0.25, 0.3) is 5.91 Å². The van der Waals surface area contributed by atoms with E-state index >= 15 is 0 Å². The van der Waals surface area contributed by atoms with Crippen molar-refractivity contribution < 1.29 is 33.3 Å². The zero-order valence-electron chi connectivity index (χ0n) is 15.1. The summed E-state index contributed by atoms with van der Waals surface area (Å²) in [5.74, 6) is 0.0650. The van der Waals surface area contributed by atoms with E-state index in [0.29, 0.717) is 6.54 Å². The van der Waals surface area contributed by atoms with Gasteiger partial charge in [0.2, 0.25) is 5.52 Å². The SMILES string of the molecule is Cc1c(C(=O)N(C)Cc2ccccc2)c(C)[n+](C)c2ccccc12.[I-]. The number of carbonyl (C=O) groups excluding carboxylic acids is 1. The van der Waals surface area contributed by atoms with E-state index in [1.54, 1.807) is 4.90 Å². The molecule has 0 saturated heterocycles. The van der Waals surface area contributed by atoms with E-state index in [4.69, 9.17) is 0 Å². The quantitative estimate of drug-likeness (QED) is 0.426. The van der Waals surface area contributed by atoms with E-state index in [1.165, 1.54) is 0 Å². The van der Waals surface area contributed by atoms with Crippen LogP contribution >= 0.6 is 0 Å². The summed E-state index contributed by atoms with van der Waals surface area (Å²) in [6.07, 6.45) is 0. The smallest absolute Gasteiger partial charge is 0.260 e. The van der Waals surface area contributed by atoms with Gasteiger partial charge in [-0.15, -0.1) is 0 Å². The lowest BCUT2D eigenvalue weighted by Gasteiger charge is -2.19. The van der Waals surface area contributed by atoms with Crippen LogP contribution in [0.25, 0.3) is 10.9 Å². The maximum Gasteiger partial charge on any atom is 0.260 e. The zero-order chi connectivity index (χ0) is 17.3. The van der Waals surface area contributed by atoms with Crippen LogP contribution in [0.1, 0.15) is 27.2 Å². The number of halogens is 1. The second-order valence-corrected chi connectivity index (χ2v) is 6.31. The Hall–Kier alpha value is -1.95. The topological polar surface area (TPSA) is 24.2 Å². The number of carbonyl (C=O) groups is 1. The van der Waals surface area contributed by atoms with Crippen molar-refractivity contribution in [3.8, 4) is 0 Å². The number of para-hydroxylation sites is 1. The summed E-state index contributed by atoms with van der Waals surface area (Å²) in [5.41, 5.74) is 5.13. The molecule has 0 aliphatic rings. The van der Waals surface area contributed by atoms with Gasteiger partial charge in [-0.25, -0.2) is 0 Å². The number of benzene rings is 2. The first-order valence-electron chi connectivity index (χ1n) is 8.18. The average Bonchev–Trinajstić information content (AvgIpc) is 2.60. The molecule has 0 spiro atoms. The number of hydrogen-bond acceptors (Lipinski definition) is 1. The van der Waals surface area contributed by atoms with Gasteiger partial charge in [-0.1, -0.05) is 42.5 Å². The second kappa shape index (κ2) is 7.95. The number of pyridine rings is 1. The van der Waals surface area contributed by atoms with Crippen molar-refractivity contribution in [3.63, 3.8) is 0 Å². The Labute approximate surface area is 166 Å². The molecule has 0 N–H and O–H groups in total. The fourth-order valence-corrected chi connectivity index (χ4v) is 3.27. The highest BCUT2D eigenvalue weighted by atomic mass is 127. The molecular formula is C21H23IN2O. The lowest BCUT2D eigenvalue weighted by Crippen LogP contribution is -3.00. The van der Waals surface area contributed by atoms with E-state index in [0.717, 1.165) is 33.3 Å². The minimum absolute atomic E-state index is 0. The van der Waals surface area contributed by atoms with Crippen LogP contribution in [0.15, 0.2) is 54.6 Å². The number of aromatic nitrogens is 1. The van der Waals surface area contributed by atoms with E-state index in [2.05, 4.69) is 16.7 Å². The van der Waals surface area contributed by atoms with E-state index < -0.39 is 0 Å². The average molecular weight is 446 g/mol. The molecule has 0 radical (unpaired) electrons. The van der Waals surface area contributed by atoms with E-state index in [9.17, 15) is 4.79 Å². The van der Waals surface area contributed by atoms with E-state index in [1.807, 2.05) is 70.4 Å². The van der Waals surface area contributed by atoms with Gasteiger partial charge in [-0.2, -0.15) is 4.57 Å². The van der Waals surface area contributed by atoms with Crippen molar-refractivity contribution in [1.82, 2.24) is 4.90 Å². The summed E-state index contributed by atoms with van der Waals surface area (Å²) in [6, 6.07) is 18.3. The van der Waals surface area contributed by atoms with Crippen LogP contribution in [0.2, 0.25) is 0 Å². The van der Waals surface area contributed by atoms with Gasteiger partial charge in [-0.05, 0) is 24.1 Å². The Bertz CT molecular complexity index is 907. The summed E-state index contributed by atoms with van der Waals surface area (Å²) in [7, 11) is 3.88. The third-order valence-corrected chi connectivity index (χ3v) is 4.73. The zero-order valence-corrected chi connectivity index (χ0v) is 17.2. The molecule has 1 heterocycles. The Morgan fingerprint density at radius 1 is 1.00 bits per heavy atom. The molecule has 0 aliphatic carbocycles. The highest BCUT2D eigenvalue weighted by Gasteiger charge is 2.25. The third kappa shape index (κ3) is 3.68. The molecule has 0 bridgehead atoms. The Morgan fingerprint density at radius 3 is 2.28 bits per heavy atom. The molecule has 1 aromatic heterocycles. The lowest BCUT2D eigenvalue weighted by molar-refractivity contribution is -0.651. The fraction of sp³-hybridized carbons (Fsp3) is 0.238. The van der Waals surface area contributed by atoms with Gasteiger partial charge in [-0.3, -0.25) is 4.79 Å². The van der Waals surface area contributed by atoms with Crippen molar-refractivity contribution in [1.29, 1.82) is 0 Å². The third-order valence-electron chi connectivity index (χ3n) is 4.73. The number of nitrogens with zero attached hydrogens (tertiary/aromatic N) is 2. The van der Waals surface area contributed by atoms with Crippen LogP contribution in [0.4, 0.5) is 0 Å². The van der Waals surface area contributed by atoms with Crippen molar-refractivity contribution >= 4 is 16.8 Å². The molecule has 2 aromatic carbocycles. The largest absolute Gasteiger partial charge is 1.00 e. The van der Waals surface area contributed by atoms with Gasteiger partial charge in [0, 0.05) is 26.6 Å². The van der Waals surface area contributed by atoms with Crippen LogP contribution in [-0.2, 0) is 13.6 Å². The highest BCUT2D eigenvalue weighted by Crippen LogP contribution is 2.22. The first-order chi connectivity index (χ1) is 11.5. The monoisotopic (exact) mass is 446 g/mol. The number of fused-ring (bicyclic) bond motifs is 1. The number of hydrogen-bond donors (Lipinski definition) is 0. The summed E-state index contributed by atoms with van der Waals surface area (Å²) in [5, 5.41) is 1.13. The summed E-state index contributed by atoms with van der Waals surface area (Å²) in [6.45, 7) is 4.66. The lowest BCUT2D eigenvalue weighted by atomic mass is 10.00. The molecule has 25 heavy (non-hydrogen) atoms. The molecule has 4 heteroatoms. The number of amides is 1. The molecule has 0 atom stereocenters. The molecular weight excluding hydrogens is 423 g/mol. The van der Waals surface area contributed by atoms with Gasteiger partial charge >= 0.3 is 0 Å². The molecule has 0 unspecified atom stereocenters. The van der Waals surface area contributed by atoms with Crippen LogP contribution in [-0.4, -0.2) is 17.9 Å². The summed E-state index contributed by atoms with van der Waals surface area (Å²) < 4.78 is 2.10. The molecule has 3 aromatic rings. The minimum Gasteiger partial charge on any atom is -1.00 e.